The average molecular weight is 258 g/mol. The van der Waals surface area contributed by atoms with Crippen LogP contribution in [0.25, 0.3) is 0 Å². The minimum atomic E-state index is 0.320. The molecule has 1 unspecified atom stereocenters. The third-order valence-corrected chi connectivity index (χ3v) is 5.33. The highest BCUT2D eigenvalue weighted by atomic mass is 15.2. The molecule has 104 valence electrons. The van der Waals surface area contributed by atoms with Crippen LogP contribution >= 0.6 is 0 Å². The second-order valence-electron chi connectivity index (χ2n) is 6.51. The van der Waals surface area contributed by atoms with E-state index in [9.17, 15) is 0 Å². The molecule has 1 aromatic rings. The number of hydrogen-bond donors (Lipinski definition) is 1. The monoisotopic (exact) mass is 258 g/mol. The summed E-state index contributed by atoms with van der Waals surface area (Å²) >= 11 is 0. The summed E-state index contributed by atoms with van der Waals surface area (Å²) in [4.78, 5) is 2.60. The quantitative estimate of drug-likeness (QED) is 0.831. The van der Waals surface area contributed by atoms with Gasteiger partial charge in [-0.05, 0) is 45.3 Å². The maximum Gasteiger partial charge on any atom is 0.0349 e. The van der Waals surface area contributed by atoms with E-state index in [0.29, 0.717) is 17.6 Å². The fraction of sp³-hybridized carbons (Fsp3) is 0.647. The number of rotatable bonds is 1. The zero-order valence-electron chi connectivity index (χ0n) is 12.2. The summed E-state index contributed by atoms with van der Waals surface area (Å²) in [5.41, 5.74) is 1.77. The molecule has 0 saturated carbocycles. The fourth-order valence-electron chi connectivity index (χ4n) is 3.88. The molecule has 1 N–H and O–H groups in total. The SMILES string of the molecule is CN1CCCCCC2N[C@H](c3ccccc3)C[C@@]21C. The number of nitrogens with one attached hydrogen (secondary N) is 1. The van der Waals surface area contributed by atoms with Gasteiger partial charge in [-0.15, -0.1) is 0 Å². The van der Waals surface area contributed by atoms with Gasteiger partial charge in [0.1, 0.15) is 0 Å². The van der Waals surface area contributed by atoms with Gasteiger partial charge in [-0.3, -0.25) is 4.90 Å². The minimum Gasteiger partial charge on any atom is -0.305 e. The van der Waals surface area contributed by atoms with Gasteiger partial charge in [0.2, 0.25) is 0 Å². The summed E-state index contributed by atoms with van der Waals surface area (Å²) < 4.78 is 0. The summed E-state index contributed by atoms with van der Waals surface area (Å²) in [5, 5.41) is 3.91. The molecule has 2 heterocycles. The highest BCUT2D eigenvalue weighted by Gasteiger charge is 2.46. The highest BCUT2D eigenvalue weighted by Crippen LogP contribution is 2.40. The maximum atomic E-state index is 3.91. The topological polar surface area (TPSA) is 15.3 Å². The molecule has 0 amide bonds. The van der Waals surface area contributed by atoms with Gasteiger partial charge in [0, 0.05) is 17.6 Å². The Balaban J connectivity index is 1.83. The number of hydrogen-bond acceptors (Lipinski definition) is 2. The van der Waals surface area contributed by atoms with Gasteiger partial charge in [-0.2, -0.15) is 0 Å². The standard InChI is InChI=1S/C17H26N2/c1-17-13-15(14-9-5-3-6-10-14)18-16(17)11-7-4-8-12-19(17)2/h3,5-6,9-10,15-16,18H,4,7-8,11-13H2,1-2H3/t15-,16?,17-/m0/s1. The number of fused-ring (bicyclic) bond motifs is 1. The highest BCUT2D eigenvalue weighted by molar-refractivity contribution is 5.23. The van der Waals surface area contributed by atoms with Crippen molar-refractivity contribution in [1.82, 2.24) is 10.2 Å². The molecule has 2 heteroatoms. The maximum absolute atomic E-state index is 3.91. The zero-order valence-corrected chi connectivity index (χ0v) is 12.2. The molecule has 2 saturated heterocycles. The first kappa shape index (κ1) is 13.1. The average Bonchev–Trinajstić information content (AvgIpc) is 2.76. The van der Waals surface area contributed by atoms with Crippen LogP contribution in [-0.4, -0.2) is 30.1 Å². The predicted octanol–water partition coefficient (Wildman–Crippen LogP) is 3.35. The van der Waals surface area contributed by atoms with E-state index in [0.717, 1.165) is 0 Å². The molecular weight excluding hydrogens is 232 g/mol. The predicted molar refractivity (Wildman–Crippen MR) is 80.2 cm³/mol. The second-order valence-corrected chi connectivity index (χ2v) is 6.51. The third kappa shape index (κ3) is 2.44. The first-order chi connectivity index (χ1) is 9.20. The van der Waals surface area contributed by atoms with E-state index >= 15 is 0 Å². The van der Waals surface area contributed by atoms with Gasteiger partial charge in [0.05, 0.1) is 0 Å². The van der Waals surface area contributed by atoms with E-state index in [4.69, 9.17) is 0 Å². The Kier molecular flexibility index (Phi) is 3.64. The lowest BCUT2D eigenvalue weighted by atomic mass is 9.84. The minimum absolute atomic E-state index is 0.320. The molecule has 1 aromatic carbocycles. The molecule has 2 nitrogen and oxygen atoms in total. The van der Waals surface area contributed by atoms with Crippen molar-refractivity contribution in [1.29, 1.82) is 0 Å². The van der Waals surface area contributed by atoms with Gasteiger partial charge in [0.15, 0.2) is 0 Å². The van der Waals surface area contributed by atoms with Gasteiger partial charge < -0.3 is 5.32 Å². The first-order valence-corrected chi connectivity index (χ1v) is 7.72. The van der Waals surface area contributed by atoms with Gasteiger partial charge >= 0.3 is 0 Å². The van der Waals surface area contributed by atoms with Gasteiger partial charge in [0.25, 0.3) is 0 Å². The lowest BCUT2D eigenvalue weighted by Gasteiger charge is -2.41. The van der Waals surface area contributed by atoms with E-state index in [1.807, 2.05) is 0 Å². The van der Waals surface area contributed by atoms with E-state index in [1.165, 1.54) is 44.2 Å². The summed E-state index contributed by atoms with van der Waals surface area (Å²) in [6, 6.07) is 12.1. The van der Waals surface area contributed by atoms with Crippen LogP contribution in [0.15, 0.2) is 30.3 Å². The number of likely N-dealkylation sites (tertiary alicyclic amines) is 1. The molecule has 0 aromatic heterocycles. The van der Waals surface area contributed by atoms with Crippen molar-refractivity contribution < 1.29 is 0 Å². The molecule has 0 aliphatic carbocycles. The lowest BCUT2D eigenvalue weighted by molar-refractivity contribution is 0.103. The van der Waals surface area contributed by atoms with Crippen LogP contribution < -0.4 is 5.32 Å². The van der Waals surface area contributed by atoms with Crippen molar-refractivity contribution in [3.63, 3.8) is 0 Å². The van der Waals surface area contributed by atoms with Crippen LogP contribution in [0.5, 0.6) is 0 Å². The third-order valence-electron chi connectivity index (χ3n) is 5.33. The van der Waals surface area contributed by atoms with E-state index < -0.39 is 0 Å². The van der Waals surface area contributed by atoms with Gasteiger partial charge in [-0.25, -0.2) is 0 Å². The van der Waals surface area contributed by atoms with Crippen LogP contribution in [0.3, 0.4) is 0 Å². The molecular formula is C17H26N2. The van der Waals surface area contributed by atoms with Gasteiger partial charge in [-0.1, -0.05) is 43.2 Å². The zero-order chi connectivity index (χ0) is 13.3. The van der Waals surface area contributed by atoms with Crippen molar-refractivity contribution in [2.75, 3.05) is 13.6 Å². The molecule has 0 spiro atoms. The summed E-state index contributed by atoms with van der Waals surface area (Å²) in [5.74, 6) is 0. The Bertz CT molecular complexity index is 417. The largest absolute Gasteiger partial charge is 0.305 e. The van der Waals surface area contributed by atoms with Crippen LogP contribution in [0.1, 0.15) is 50.6 Å². The number of likely N-dealkylation sites (N-methyl/N-ethyl adjacent to an activating group) is 1. The summed E-state index contributed by atoms with van der Waals surface area (Å²) in [6.45, 7) is 3.70. The van der Waals surface area contributed by atoms with Crippen LogP contribution in [0.4, 0.5) is 0 Å². The van der Waals surface area contributed by atoms with E-state index in [2.05, 4.69) is 54.5 Å². The van der Waals surface area contributed by atoms with Crippen molar-refractivity contribution in [2.45, 2.75) is 56.7 Å². The lowest BCUT2D eigenvalue weighted by Crippen LogP contribution is -2.53. The Morgan fingerprint density at radius 1 is 1.16 bits per heavy atom. The van der Waals surface area contributed by atoms with Crippen molar-refractivity contribution in [3.05, 3.63) is 35.9 Å². The smallest absolute Gasteiger partial charge is 0.0349 e. The van der Waals surface area contributed by atoms with Crippen LogP contribution in [0.2, 0.25) is 0 Å². The molecule has 3 rings (SSSR count). The number of benzene rings is 1. The molecule has 2 aliphatic rings. The Hall–Kier alpha value is -0.860. The van der Waals surface area contributed by atoms with E-state index in [-0.39, 0.29) is 0 Å². The molecule has 3 atom stereocenters. The fourth-order valence-corrected chi connectivity index (χ4v) is 3.88. The summed E-state index contributed by atoms with van der Waals surface area (Å²) in [7, 11) is 2.31. The summed E-state index contributed by atoms with van der Waals surface area (Å²) in [6.07, 6.45) is 6.67. The van der Waals surface area contributed by atoms with Crippen molar-refractivity contribution >= 4 is 0 Å². The molecule has 0 bridgehead atoms. The Morgan fingerprint density at radius 3 is 2.74 bits per heavy atom. The molecule has 0 radical (unpaired) electrons. The van der Waals surface area contributed by atoms with Crippen LogP contribution in [0, 0.1) is 0 Å². The molecule has 2 fully saturated rings. The normalized spacial score (nSPS) is 36.5. The second kappa shape index (κ2) is 5.26. The molecule has 2 aliphatic heterocycles. The first-order valence-electron chi connectivity index (χ1n) is 7.72. The van der Waals surface area contributed by atoms with Crippen LogP contribution in [-0.2, 0) is 0 Å². The Morgan fingerprint density at radius 2 is 1.95 bits per heavy atom. The Labute approximate surface area is 117 Å². The van der Waals surface area contributed by atoms with E-state index in [1.54, 1.807) is 0 Å². The van der Waals surface area contributed by atoms with Crippen molar-refractivity contribution in [3.8, 4) is 0 Å². The molecule has 19 heavy (non-hydrogen) atoms. The van der Waals surface area contributed by atoms with Crippen molar-refractivity contribution in [2.24, 2.45) is 0 Å². The number of nitrogens with zero attached hydrogens (tertiary/aromatic N) is 1.